The topological polar surface area (TPSA) is 94.4 Å². The molecule has 0 unspecified atom stereocenters. The van der Waals surface area contributed by atoms with Crippen LogP contribution in [0.2, 0.25) is 0 Å². The van der Waals surface area contributed by atoms with Crippen molar-refractivity contribution in [3.05, 3.63) is 63.8 Å². The molecule has 0 fully saturated rings. The van der Waals surface area contributed by atoms with E-state index in [0.717, 1.165) is 29.0 Å². The van der Waals surface area contributed by atoms with Crippen molar-refractivity contribution < 1.29 is 9.21 Å². The number of carbonyl (C=O) groups excluding carboxylic acids is 1. The number of rotatable bonds is 3. The summed E-state index contributed by atoms with van der Waals surface area (Å²) in [5, 5.41) is 4.47. The third kappa shape index (κ3) is 3.12. The van der Waals surface area contributed by atoms with Crippen LogP contribution in [0.5, 0.6) is 0 Å². The van der Waals surface area contributed by atoms with Gasteiger partial charge in [-0.1, -0.05) is 18.2 Å². The second-order valence-corrected chi connectivity index (χ2v) is 7.63. The molecule has 0 spiro atoms. The molecule has 1 aliphatic heterocycles. The number of amides is 1. The summed E-state index contributed by atoms with van der Waals surface area (Å²) < 4.78 is 6.76. The zero-order valence-electron chi connectivity index (χ0n) is 17.0. The first-order valence-corrected chi connectivity index (χ1v) is 9.65. The third-order valence-electron chi connectivity index (χ3n) is 5.45. The first kappa shape index (κ1) is 19.0. The van der Waals surface area contributed by atoms with Gasteiger partial charge in [0.2, 0.25) is 0 Å². The minimum atomic E-state index is -0.799. The summed E-state index contributed by atoms with van der Waals surface area (Å²) >= 11 is 0. The molecular weight excluding hydrogens is 368 g/mol. The van der Waals surface area contributed by atoms with Crippen molar-refractivity contribution in [3.8, 4) is 11.3 Å². The molecule has 2 aromatic heterocycles. The molecule has 0 saturated carbocycles. The number of furan rings is 1. The minimum Gasteiger partial charge on any atom is -0.466 e. The maximum absolute atomic E-state index is 13.4. The Bertz CT molecular complexity index is 1160. The van der Waals surface area contributed by atoms with E-state index in [4.69, 9.17) is 10.2 Å². The van der Waals surface area contributed by atoms with E-state index in [0.29, 0.717) is 11.5 Å². The number of nitrogens with zero attached hydrogens (tertiary/aromatic N) is 3. The highest BCUT2D eigenvalue weighted by Crippen LogP contribution is 2.33. The van der Waals surface area contributed by atoms with Crippen LogP contribution >= 0.6 is 0 Å². The quantitative estimate of drug-likeness (QED) is 0.738. The van der Waals surface area contributed by atoms with Crippen molar-refractivity contribution in [1.82, 2.24) is 9.78 Å². The number of aromatic nitrogens is 2. The SMILES string of the molecule is Cc1cc(-c2cc(N)c(=O)n([C@H](C)C(=O)N3c4ccccc4C[C@H]3C)n2)c(C)o1. The summed E-state index contributed by atoms with van der Waals surface area (Å²) in [7, 11) is 0. The van der Waals surface area contributed by atoms with Gasteiger partial charge in [-0.2, -0.15) is 5.10 Å². The number of hydrogen-bond donors (Lipinski definition) is 1. The van der Waals surface area contributed by atoms with Gasteiger partial charge in [0.05, 0.1) is 5.69 Å². The van der Waals surface area contributed by atoms with Crippen LogP contribution in [-0.4, -0.2) is 21.7 Å². The molecule has 1 amide bonds. The maximum atomic E-state index is 13.4. The molecule has 1 aliphatic rings. The van der Waals surface area contributed by atoms with Gasteiger partial charge in [0.1, 0.15) is 23.2 Å². The molecule has 4 rings (SSSR count). The Kier molecular flexibility index (Phi) is 4.53. The molecule has 2 atom stereocenters. The number of aryl methyl sites for hydroxylation is 2. The number of carbonyl (C=O) groups is 1. The first-order valence-electron chi connectivity index (χ1n) is 9.65. The van der Waals surface area contributed by atoms with E-state index in [1.807, 2.05) is 51.1 Å². The van der Waals surface area contributed by atoms with E-state index in [2.05, 4.69) is 5.10 Å². The molecule has 0 bridgehead atoms. The number of nitrogen functional groups attached to an aromatic ring is 1. The summed E-state index contributed by atoms with van der Waals surface area (Å²) in [6.45, 7) is 7.35. The zero-order valence-corrected chi connectivity index (χ0v) is 17.0. The molecular formula is C22H24N4O3. The van der Waals surface area contributed by atoms with Gasteiger partial charge in [0, 0.05) is 17.3 Å². The Labute approximate surface area is 168 Å². The van der Waals surface area contributed by atoms with Crippen LogP contribution in [0.15, 0.2) is 45.6 Å². The van der Waals surface area contributed by atoms with E-state index >= 15 is 0 Å². The van der Waals surface area contributed by atoms with Gasteiger partial charge in [-0.05, 0) is 57.9 Å². The van der Waals surface area contributed by atoms with Gasteiger partial charge in [0.15, 0.2) is 0 Å². The second-order valence-electron chi connectivity index (χ2n) is 7.63. The molecule has 3 heterocycles. The van der Waals surface area contributed by atoms with Crippen LogP contribution in [0, 0.1) is 13.8 Å². The summed E-state index contributed by atoms with van der Waals surface area (Å²) in [6, 6.07) is 10.4. The highest BCUT2D eigenvalue weighted by molar-refractivity contribution is 5.98. The summed E-state index contributed by atoms with van der Waals surface area (Å²) in [5.74, 6) is 1.23. The molecule has 7 nitrogen and oxygen atoms in total. The summed E-state index contributed by atoms with van der Waals surface area (Å²) in [6.07, 6.45) is 0.784. The second kappa shape index (κ2) is 6.92. The van der Waals surface area contributed by atoms with Crippen LogP contribution in [0.1, 0.15) is 37.0 Å². The van der Waals surface area contributed by atoms with Gasteiger partial charge in [-0.3, -0.25) is 9.59 Å². The smallest absolute Gasteiger partial charge is 0.290 e. The van der Waals surface area contributed by atoms with Gasteiger partial charge in [0.25, 0.3) is 11.5 Å². The predicted molar refractivity (Wildman–Crippen MR) is 112 cm³/mol. The maximum Gasteiger partial charge on any atom is 0.290 e. The Hall–Kier alpha value is -3.35. The van der Waals surface area contributed by atoms with Gasteiger partial charge in [-0.25, -0.2) is 4.68 Å². The molecule has 150 valence electrons. The molecule has 2 N–H and O–H groups in total. The van der Waals surface area contributed by atoms with E-state index in [1.165, 1.54) is 10.7 Å². The fraction of sp³-hybridized carbons (Fsp3) is 0.318. The lowest BCUT2D eigenvalue weighted by molar-refractivity contribution is -0.121. The summed E-state index contributed by atoms with van der Waals surface area (Å²) in [4.78, 5) is 27.8. The fourth-order valence-electron chi connectivity index (χ4n) is 4.02. The highest BCUT2D eigenvalue weighted by atomic mass is 16.3. The van der Waals surface area contributed by atoms with Gasteiger partial charge >= 0.3 is 0 Å². The van der Waals surface area contributed by atoms with Gasteiger partial charge < -0.3 is 15.1 Å². The lowest BCUT2D eigenvalue weighted by Crippen LogP contribution is -2.43. The highest BCUT2D eigenvalue weighted by Gasteiger charge is 2.34. The van der Waals surface area contributed by atoms with E-state index in [1.54, 1.807) is 11.8 Å². The van der Waals surface area contributed by atoms with Crippen LogP contribution in [0.3, 0.4) is 0 Å². The fourth-order valence-corrected chi connectivity index (χ4v) is 4.02. The number of nitrogens with two attached hydrogens (primary N) is 1. The molecule has 29 heavy (non-hydrogen) atoms. The van der Waals surface area contributed by atoms with E-state index < -0.39 is 11.6 Å². The average molecular weight is 392 g/mol. The monoisotopic (exact) mass is 392 g/mol. The third-order valence-corrected chi connectivity index (χ3v) is 5.45. The normalized spacial score (nSPS) is 16.7. The Morgan fingerprint density at radius 1 is 1.28 bits per heavy atom. The number of benzene rings is 1. The number of fused-ring (bicyclic) bond motifs is 1. The molecule has 0 saturated heterocycles. The minimum absolute atomic E-state index is 0.0114. The van der Waals surface area contributed by atoms with E-state index in [-0.39, 0.29) is 17.6 Å². The molecule has 3 aromatic rings. The molecule has 0 aliphatic carbocycles. The Balaban J connectivity index is 1.76. The van der Waals surface area contributed by atoms with Crippen molar-refractivity contribution in [2.45, 2.75) is 46.2 Å². The predicted octanol–water partition coefficient (Wildman–Crippen LogP) is 3.24. The first-order chi connectivity index (χ1) is 13.8. The molecule has 0 radical (unpaired) electrons. The standard InChI is InChI=1S/C22H24N4O3/c1-12-9-16-7-5-6-8-20(16)25(12)21(27)14(3)26-22(28)18(23)11-19(24-26)17-10-13(2)29-15(17)4/h5-8,10-12,14H,9,23H2,1-4H3/t12-,14-/m1/s1. The van der Waals surface area contributed by atoms with Crippen molar-refractivity contribution in [2.75, 3.05) is 10.6 Å². The van der Waals surface area contributed by atoms with E-state index in [9.17, 15) is 9.59 Å². The zero-order chi connectivity index (χ0) is 20.9. The molecule has 7 heteroatoms. The van der Waals surface area contributed by atoms with Crippen molar-refractivity contribution in [3.63, 3.8) is 0 Å². The van der Waals surface area contributed by atoms with Crippen LogP contribution in [0.25, 0.3) is 11.3 Å². The van der Waals surface area contributed by atoms with Crippen LogP contribution in [-0.2, 0) is 11.2 Å². The number of anilines is 2. The Morgan fingerprint density at radius 3 is 2.69 bits per heavy atom. The van der Waals surface area contributed by atoms with Crippen LogP contribution < -0.4 is 16.2 Å². The van der Waals surface area contributed by atoms with Crippen molar-refractivity contribution >= 4 is 17.3 Å². The van der Waals surface area contributed by atoms with Crippen LogP contribution in [0.4, 0.5) is 11.4 Å². The van der Waals surface area contributed by atoms with Crippen molar-refractivity contribution in [1.29, 1.82) is 0 Å². The largest absolute Gasteiger partial charge is 0.466 e. The number of para-hydroxylation sites is 1. The number of hydrogen-bond acceptors (Lipinski definition) is 5. The average Bonchev–Trinajstić information content (AvgIpc) is 3.20. The lowest BCUT2D eigenvalue weighted by atomic mass is 10.1. The lowest BCUT2D eigenvalue weighted by Gasteiger charge is -2.26. The summed E-state index contributed by atoms with van der Waals surface area (Å²) in [5.41, 5.74) is 8.81. The molecule has 1 aromatic carbocycles. The Morgan fingerprint density at radius 2 is 2.00 bits per heavy atom. The van der Waals surface area contributed by atoms with Crippen molar-refractivity contribution in [2.24, 2.45) is 0 Å². The van der Waals surface area contributed by atoms with Gasteiger partial charge in [-0.15, -0.1) is 0 Å².